The van der Waals surface area contributed by atoms with Gasteiger partial charge in [-0.3, -0.25) is 0 Å². The highest BCUT2D eigenvalue weighted by atomic mass is 35.5. The SMILES string of the molecule is CC(C)NCc1ccc(-c2c(Cl)c(Cl)cc(Cl)c2Cl)cc1. The molecule has 2 aromatic rings. The van der Waals surface area contributed by atoms with E-state index in [2.05, 4.69) is 19.2 Å². The molecule has 0 heterocycles. The maximum absolute atomic E-state index is 6.26. The number of halogens is 4. The molecule has 0 saturated heterocycles. The molecular weight excluding hydrogens is 348 g/mol. The first-order valence-corrected chi connectivity index (χ1v) is 8.07. The number of benzene rings is 2. The van der Waals surface area contributed by atoms with E-state index in [0.29, 0.717) is 31.7 Å². The molecule has 0 aliphatic rings. The zero-order chi connectivity index (χ0) is 15.6. The van der Waals surface area contributed by atoms with Crippen molar-refractivity contribution in [2.45, 2.75) is 26.4 Å². The maximum atomic E-state index is 6.26. The molecule has 1 nitrogen and oxygen atoms in total. The lowest BCUT2D eigenvalue weighted by atomic mass is 10.0. The van der Waals surface area contributed by atoms with Crippen LogP contribution in [-0.2, 0) is 6.54 Å². The monoisotopic (exact) mass is 361 g/mol. The summed E-state index contributed by atoms with van der Waals surface area (Å²) in [4.78, 5) is 0. The summed E-state index contributed by atoms with van der Waals surface area (Å²) in [6.07, 6.45) is 0. The minimum absolute atomic E-state index is 0.395. The molecule has 112 valence electrons. The lowest BCUT2D eigenvalue weighted by molar-refractivity contribution is 0.589. The van der Waals surface area contributed by atoms with Crippen LogP contribution in [0, 0.1) is 0 Å². The summed E-state index contributed by atoms with van der Waals surface area (Å²) in [7, 11) is 0. The van der Waals surface area contributed by atoms with Gasteiger partial charge in [-0.05, 0) is 17.2 Å². The molecule has 0 fully saturated rings. The Bertz CT molecular complexity index is 609. The Morgan fingerprint density at radius 3 is 1.90 bits per heavy atom. The number of hydrogen-bond acceptors (Lipinski definition) is 1. The molecule has 0 aliphatic carbocycles. The van der Waals surface area contributed by atoms with Gasteiger partial charge in [0.25, 0.3) is 0 Å². The lowest BCUT2D eigenvalue weighted by Crippen LogP contribution is -2.21. The second kappa shape index (κ2) is 7.21. The first kappa shape index (κ1) is 16.9. The summed E-state index contributed by atoms with van der Waals surface area (Å²) in [5, 5.41) is 4.99. The van der Waals surface area contributed by atoms with Gasteiger partial charge in [0.15, 0.2) is 0 Å². The summed E-state index contributed by atoms with van der Waals surface area (Å²) in [5.74, 6) is 0. The summed E-state index contributed by atoms with van der Waals surface area (Å²) in [6, 6.07) is 10.0. The van der Waals surface area contributed by atoms with Gasteiger partial charge in [0, 0.05) is 18.2 Å². The molecule has 0 saturated carbocycles. The van der Waals surface area contributed by atoms with E-state index < -0.39 is 0 Å². The molecule has 2 rings (SSSR count). The highest BCUT2D eigenvalue weighted by molar-refractivity contribution is 6.50. The van der Waals surface area contributed by atoms with E-state index in [-0.39, 0.29) is 0 Å². The summed E-state index contributed by atoms with van der Waals surface area (Å²) >= 11 is 24.7. The quantitative estimate of drug-likeness (QED) is 0.615. The van der Waals surface area contributed by atoms with Crippen LogP contribution in [0.4, 0.5) is 0 Å². The first-order valence-electron chi connectivity index (χ1n) is 6.56. The van der Waals surface area contributed by atoms with Gasteiger partial charge in [-0.1, -0.05) is 84.5 Å². The molecule has 21 heavy (non-hydrogen) atoms. The zero-order valence-corrected chi connectivity index (χ0v) is 14.7. The fourth-order valence-corrected chi connectivity index (χ4v) is 2.97. The van der Waals surface area contributed by atoms with E-state index in [1.165, 1.54) is 5.56 Å². The Labute approximate surface area is 145 Å². The Kier molecular flexibility index (Phi) is 5.81. The molecule has 0 amide bonds. The van der Waals surface area contributed by atoms with E-state index in [1.54, 1.807) is 6.07 Å². The van der Waals surface area contributed by atoms with Crippen LogP contribution in [0.5, 0.6) is 0 Å². The Morgan fingerprint density at radius 2 is 1.43 bits per heavy atom. The van der Waals surface area contributed by atoms with Gasteiger partial charge in [0.05, 0.1) is 20.1 Å². The maximum Gasteiger partial charge on any atom is 0.0686 e. The van der Waals surface area contributed by atoms with Crippen LogP contribution >= 0.6 is 46.4 Å². The topological polar surface area (TPSA) is 12.0 Å². The van der Waals surface area contributed by atoms with Crippen LogP contribution in [0.2, 0.25) is 20.1 Å². The molecule has 0 atom stereocenters. The minimum Gasteiger partial charge on any atom is -0.310 e. The van der Waals surface area contributed by atoms with Crippen LogP contribution in [0.15, 0.2) is 30.3 Å². The van der Waals surface area contributed by atoms with Crippen LogP contribution < -0.4 is 5.32 Å². The van der Waals surface area contributed by atoms with Gasteiger partial charge in [0.1, 0.15) is 0 Å². The molecule has 0 radical (unpaired) electrons. The highest BCUT2D eigenvalue weighted by Crippen LogP contribution is 2.43. The van der Waals surface area contributed by atoms with Crippen molar-refractivity contribution in [3.8, 4) is 11.1 Å². The van der Waals surface area contributed by atoms with Gasteiger partial charge in [0.2, 0.25) is 0 Å². The van der Waals surface area contributed by atoms with Gasteiger partial charge in [-0.2, -0.15) is 0 Å². The zero-order valence-electron chi connectivity index (χ0n) is 11.7. The van der Waals surface area contributed by atoms with Gasteiger partial charge >= 0.3 is 0 Å². The molecule has 0 bridgehead atoms. The summed E-state index contributed by atoms with van der Waals surface area (Å²) in [5.41, 5.74) is 2.75. The van der Waals surface area contributed by atoms with Crippen molar-refractivity contribution >= 4 is 46.4 Å². The van der Waals surface area contributed by atoms with Gasteiger partial charge in [-0.15, -0.1) is 0 Å². The number of rotatable bonds is 4. The molecule has 1 N–H and O–H groups in total. The molecule has 2 aromatic carbocycles. The number of hydrogen-bond donors (Lipinski definition) is 1. The molecule has 0 aliphatic heterocycles. The van der Waals surface area contributed by atoms with Crippen molar-refractivity contribution in [1.29, 1.82) is 0 Å². The fourth-order valence-electron chi connectivity index (χ4n) is 1.94. The van der Waals surface area contributed by atoms with Gasteiger partial charge in [-0.25, -0.2) is 0 Å². The molecule has 0 spiro atoms. The Hall–Kier alpha value is -0.440. The standard InChI is InChI=1S/C16H15Cl4N/c1-9(2)21-8-10-3-5-11(6-4-10)14-15(19)12(17)7-13(18)16(14)20/h3-7,9,21H,8H2,1-2H3. The highest BCUT2D eigenvalue weighted by Gasteiger charge is 2.15. The van der Waals surface area contributed by atoms with Crippen molar-refractivity contribution in [3.63, 3.8) is 0 Å². The van der Waals surface area contributed by atoms with E-state index >= 15 is 0 Å². The third-order valence-electron chi connectivity index (χ3n) is 3.07. The molecule has 0 aromatic heterocycles. The van der Waals surface area contributed by atoms with Crippen molar-refractivity contribution in [2.75, 3.05) is 0 Å². The molecular formula is C16H15Cl4N. The van der Waals surface area contributed by atoms with Crippen molar-refractivity contribution in [1.82, 2.24) is 5.32 Å². The van der Waals surface area contributed by atoms with Crippen LogP contribution in [0.1, 0.15) is 19.4 Å². The van der Waals surface area contributed by atoms with Crippen LogP contribution in [0.3, 0.4) is 0 Å². The largest absolute Gasteiger partial charge is 0.310 e. The first-order chi connectivity index (χ1) is 9.90. The third kappa shape index (κ3) is 4.06. The average Bonchev–Trinajstić information content (AvgIpc) is 2.44. The van der Waals surface area contributed by atoms with Crippen molar-refractivity contribution in [3.05, 3.63) is 56.0 Å². The second-order valence-corrected chi connectivity index (χ2v) is 6.65. The van der Waals surface area contributed by atoms with Gasteiger partial charge < -0.3 is 5.32 Å². The smallest absolute Gasteiger partial charge is 0.0686 e. The minimum atomic E-state index is 0.395. The normalized spacial score (nSPS) is 11.2. The number of nitrogens with one attached hydrogen (secondary N) is 1. The van der Waals surface area contributed by atoms with Crippen molar-refractivity contribution < 1.29 is 0 Å². The van der Waals surface area contributed by atoms with E-state index in [0.717, 1.165) is 12.1 Å². The van der Waals surface area contributed by atoms with Crippen LogP contribution in [0.25, 0.3) is 11.1 Å². The molecule has 0 unspecified atom stereocenters. The van der Waals surface area contributed by atoms with Crippen molar-refractivity contribution in [2.24, 2.45) is 0 Å². The van der Waals surface area contributed by atoms with E-state index in [1.807, 2.05) is 24.3 Å². The predicted molar refractivity (Wildman–Crippen MR) is 93.9 cm³/mol. The Morgan fingerprint density at radius 1 is 0.905 bits per heavy atom. The second-order valence-electron chi connectivity index (χ2n) is 5.08. The lowest BCUT2D eigenvalue weighted by Gasteiger charge is -2.12. The average molecular weight is 363 g/mol. The predicted octanol–water partition coefficient (Wildman–Crippen LogP) is 6.47. The van der Waals surface area contributed by atoms with E-state index in [4.69, 9.17) is 46.4 Å². The fraction of sp³-hybridized carbons (Fsp3) is 0.250. The summed E-state index contributed by atoms with van der Waals surface area (Å²) in [6.45, 7) is 5.04. The summed E-state index contributed by atoms with van der Waals surface area (Å²) < 4.78 is 0. The Balaban J connectivity index is 2.35. The molecule has 5 heteroatoms. The van der Waals surface area contributed by atoms with E-state index in [9.17, 15) is 0 Å². The third-order valence-corrected chi connectivity index (χ3v) is 4.64. The van der Waals surface area contributed by atoms with Crippen LogP contribution in [-0.4, -0.2) is 6.04 Å².